The van der Waals surface area contributed by atoms with E-state index in [2.05, 4.69) is 16.0 Å². The molecule has 0 spiro atoms. The van der Waals surface area contributed by atoms with Crippen LogP contribution in [0.3, 0.4) is 0 Å². The molecule has 1 saturated heterocycles. The Balaban J connectivity index is 1.25. The number of hydrogen-bond donors (Lipinski definition) is 0. The van der Waals surface area contributed by atoms with Crippen molar-refractivity contribution in [3.05, 3.63) is 83.3 Å². The van der Waals surface area contributed by atoms with Gasteiger partial charge in [-0.3, -0.25) is 9.78 Å². The lowest BCUT2D eigenvalue weighted by Gasteiger charge is -2.36. The average molecular weight is 450 g/mol. The predicted molar refractivity (Wildman–Crippen MR) is 129 cm³/mol. The molecule has 0 bridgehead atoms. The van der Waals surface area contributed by atoms with Gasteiger partial charge in [0.2, 0.25) is 5.91 Å². The fourth-order valence-corrected chi connectivity index (χ4v) is 4.93. The smallest absolute Gasteiger partial charge is 0.246 e. The van der Waals surface area contributed by atoms with Crippen molar-refractivity contribution in [2.45, 2.75) is 25.3 Å². The summed E-state index contributed by atoms with van der Waals surface area (Å²) in [4.78, 5) is 23.5. The van der Waals surface area contributed by atoms with Crippen LogP contribution >= 0.6 is 11.3 Å². The number of rotatable bonds is 7. The van der Waals surface area contributed by atoms with Crippen LogP contribution in [0.5, 0.6) is 0 Å². The third-order valence-electron chi connectivity index (χ3n) is 6.01. The average Bonchev–Trinajstić information content (AvgIpc) is 3.31. The number of carbonyl (C=O) groups is 1. The number of likely N-dealkylation sites (tertiary alicyclic amines) is 1. The highest BCUT2D eigenvalue weighted by Gasteiger charge is 2.24. The summed E-state index contributed by atoms with van der Waals surface area (Å²) < 4.78 is 13.1. The fourth-order valence-electron chi connectivity index (χ4n) is 4.01. The number of aromatic nitrogens is 1. The van der Waals surface area contributed by atoms with Crippen LogP contribution in [0, 0.1) is 5.82 Å². The summed E-state index contributed by atoms with van der Waals surface area (Å²) in [5.74, 6) is -0.202. The van der Waals surface area contributed by atoms with Gasteiger partial charge < -0.3 is 9.80 Å². The molecule has 32 heavy (non-hydrogen) atoms. The zero-order valence-corrected chi connectivity index (χ0v) is 19.1. The minimum Gasteiger partial charge on any atom is -0.339 e. The first kappa shape index (κ1) is 22.4. The molecule has 6 heteroatoms. The maximum atomic E-state index is 13.1. The van der Waals surface area contributed by atoms with Crippen molar-refractivity contribution in [1.29, 1.82) is 0 Å². The Hall–Kier alpha value is -2.83. The molecular weight excluding hydrogens is 421 g/mol. The zero-order valence-electron chi connectivity index (χ0n) is 18.3. The number of halogens is 1. The van der Waals surface area contributed by atoms with Gasteiger partial charge in [-0.05, 0) is 60.9 Å². The van der Waals surface area contributed by atoms with Crippen LogP contribution in [0.25, 0.3) is 16.5 Å². The van der Waals surface area contributed by atoms with Crippen LogP contribution in [-0.2, 0) is 11.2 Å². The second-order valence-electron chi connectivity index (χ2n) is 8.14. The molecule has 1 amide bonds. The predicted octanol–water partition coefficient (Wildman–Crippen LogP) is 5.13. The zero-order chi connectivity index (χ0) is 22.3. The first-order valence-electron chi connectivity index (χ1n) is 11.0. The van der Waals surface area contributed by atoms with Crippen LogP contribution in [0.1, 0.15) is 23.4 Å². The molecule has 0 saturated carbocycles. The van der Waals surface area contributed by atoms with Crippen molar-refractivity contribution in [3.8, 4) is 10.4 Å². The highest BCUT2D eigenvalue weighted by molar-refractivity contribution is 7.16. The molecule has 0 N–H and O–H groups in total. The lowest BCUT2D eigenvalue weighted by molar-refractivity contribution is -0.127. The first-order valence-corrected chi connectivity index (χ1v) is 11.8. The summed E-state index contributed by atoms with van der Waals surface area (Å²) in [5.41, 5.74) is 2.11. The lowest BCUT2D eigenvalue weighted by Crippen LogP contribution is -2.45. The van der Waals surface area contributed by atoms with Gasteiger partial charge in [-0.1, -0.05) is 18.2 Å². The van der Waals surface area contributed by atoms with Crippen LogP contribution in [0.4, 0.5) is 4.39 Å². The SMILES string of the molecule is CN(C(=O)/C=C/c1ccc(-c2ccc(F)cc2)s1)C1CCN(CCc2ccccn2)CC1. The van der Waals surface area contributed by atoms with Crippen LogP contribution in [0.2, 0.25) is 0 Å². The van der Waals surface area contributed by atoms with Gasteiger partial charge in [0.05, 0.1) is 0 Å². The number of hydrogen-bond acceptors (Lipinski definition) is 4. The Kier molecular flexibility index (Phi) is 7.45. The van der Waals surface area contributed by atoms with E-state index in [1.807, 2.05) is 48.5 Å². The standard InChI is InChI=1S/C26H28FN3OS/c1-29(23-14-18-30(19-15-23)17-13-22-4-2-3-16-28-22)26(31)12-10-24-9-11-25(32-24)20-5-7-21(27)8-6-20/h2-12,16,23H,13-15,17-19H2,1H3/b12-10+. The van der Waals surface area contributed by atoms with Gasteiger partial charge in [0.1, 0.15) is 5.82 Å². The largest absolute Gasteiger partial charge is 0.339 e. The van der Waals surface area contributed by atoms with E-state index < -0.39 is 0 Å². The molecule has 0 atom stereocenters. The third kappa shape index (κ3) is 5.90. The van der Waals surface area contributed by atoms with E-state index in [4.69, 9.17) is 0 Å². The molecule has 1 fully saturated rings. The molecule has 3 heterocycles. The molecule has 4 nitrogen and oxygen atoms in total. The van der Waals surface area contributed by atoms with Crippen LogP contribution in [0.15, 0.2) is 66.9 Å². The van der Waals surface area contributed by atoms with Crippen molar-refractivity contribution in [2.75, 3.05) is 26.7 Å². The van der Waals surface area contributed by atoms with Crippen molar-refractivity contribution < 1.29 is 9.18 Å². The number of likely N-dealkylation sites (N-methyl/N-ethyl adjacent to an activating group) is 1. The van der Waals surface area contributed by atoms with Crippen molar-refractivity contribution in [2.24, 2.45) is 0 Å². The highest BCUT2D eigenvalue weighted by atomic mass is 32.1. The minimum atomic E-state index is -0.238. The molecule has 166 valence electrons. The molecule has 0 radical (unpaired) electrons. The van der Waals surface area contributed by atoms with Crippen LogP contribution in [-0.4, -0.2) is 53.4 Å². The van der Waals surface area contributed by atoms with E-state index in [-0.39, 0.29) is 17.8 Å². The van der Waals surface area contributed by atoms with Gasteiger partial charge in [0.25, 0.3) is 0 Å². The topological polar surface area (TPSA) is 36.4 Å². The monoisotopic (exact) mass is 449 g/mol. The van der Waals surface area contributed by atoms with E-state index >= 15 is 0 Å². The van der Waals surface area contributed by atoms with Crippen molar-refractivity contribution in [3.63, 3.8) is 0 Å². The van der Waals surface area contributed by atoms with Crippen molar-refractivity contribution >= 4 is 23.3 Å². The maximum Gasteiger partial charge on any atom is 0.246 e. The number of benzene rings is 1. The fraction of sp³-hybridized carbons (Fsp3) is 0.308. The third-order valence-corrected chi connectivity index (χ3v) is 7.11. The number of carbonyl (C=O) groups excluding carboxylic acids is 1. The van der Waals surface area contributed by atoms with E-state index in [0.29, 0.717) is 0 Å². The van der Waals surface area contributed by atoms with E-state index in [0.717, 1.165) is 59.9 Å². The van der Waals surface area contributed by atoms with Crippen LogP contribution < -0.4 is 0 Å². The summed E-state index contributed by atoms with van der Waals surface area (Å²) in [6, 6.07) is 16.8. The number of piperidine rings is 1. The molecule has 1 aliphatic rings. The van der Waals surface area contributed by atoms with E-state index in [1.165, 1.54) is 12.1 Å². The summed E-state index contributed by atoms with van der Waals surface area (Å²) in [7, 11) is 1.90. The molecule has 4 rings (SSSR count). The Morgan fingerprint density at radius 3 is 2.66 bits per heavy atom. The molecular formula is C26H28FN3OS. The Bertz CT molecular complexity index is 1040. The first-order chi connectivity index (χ1) is 15.6. The normalized spacial score (nSPS) is 15.3. The number of thiophene rings is 1. The Labute approximate surface area is 193 Å². The summed E-state index contributed by atoms with van der Waals surface area (Å²) in [5, 5.41) is 0. The molecule has 0 aliphatic carbocycles. The maximum absolute atomic E-state index is 13.1. The summed E-state index contributed by atoms with van der Waals surface area (Å²) in [6.07, 6.45) is 8.32. The number of pyridine rings is 1. The van der Waals surface area contributed by atoms with Crippen molar-refractivity contribution in [1.82, 2.24) is 14.8 Å². The Morgan fingerprint density at radius 2 is 1.94 bits per heavy atom. The quantitative estimate of drug-likeness (QED) is 0.469. The minimum absolute atomic E-state index is 0.0358. The molecule has 3 aromatic rings. The molecule has 2 aromatic heterocycles. The highest BCUT2D eigenvalue weighted by Crippen LogP contribution is 2.29. The molecule has 1 aromatic carbocycles. The number of nitrogens with zero attached hydrogens (tertiary/aromatic N) is 3. The second kappa shape index (κ2) is 10.7. The van der Waals surface area contributed by atoms with Gasteiger partial charge in [0.15, 0.2) is 0 Å². The van der Waals surface area contributed by atoms with Gasteiger partial charge in [-0.2, -0.15) is 0 Å². The molecule has 0 unspecified atom stereocenters. The van der Waals surface area contributed by atoms with Gasteiger partial charge in [0, 0.05) is 66.9 Å². The second-order valence-corrected chi connectivity index (χ2v) is 9.25. The Morgan fingerprint density at radius 1 is 1.16 bits per heavy atom. The summed E-state index contributed by atoms with van der Waals surface area (Å²) in [6.45, 7) is 3.02. The molecule has 1 aliphatic heterocycles. The summed E-state index contributed by atoms with van der Waals surface area (Å²) >= 11 is 1.59. The van der Waals surface area contributed by atoms with Gasteiger partial charge in [-0.15, -0.1) is 11.3 Å². The van der Waals surface area contributed by atoms with E-state index in [1.54, 1.807) is 29.5 Å². The van der Waals surface area contributed by atoms with Gasteiger partial charge in [-0.25, -0.2) is 4.39 Å². The number of amides is 1. The van der Waals surface area contributed by atoms with Gasteiger partial charge >= 0.3 is 0 Å². The van der Waals surface area contributed by atoms with E-state index in [9.17, 15) is 9.18 Å². The lowest BCUT2D eigenvalue weighted by atomic mass is 10.0.